The number of likely N-dealkylation sites (tertiary alicyclic amines) is 2. The first-order valence-electron chi connectivity index (χ1n) is 13.3. The third-order valence-corrected chi connectivity index (χ3v) is 7.89. The molecule has 4 heterocycles. The lowest BCUT2D eigenvalue weighted by molar-refractivity contribution is -0.139. The number of amides is 2. The Morgan fingerprint density at radius 2 is 1.69 bits per heavy atom. The number of piperidine rings is 1. The molecule has 3 aliphatic rings. The van der Waals surface area contributed by atoms with Gasteiger partial charge in [-0.15, -0.1) is 10.2 Å². The first kappa shape index (κ1) is 23.8. The van der Waals surface area contributed by atoms with E-state index in [9.17, 15) is 9.59 Å². The van der Waals surface area contributed by atoms with Crippen LogP contribution in [-0.2, 0) is 17.8 Å². The van der Waals surface area contributed by atoms with E-state index in [0.717, 1.165) is 69.7 Å². The number of fused-ring (bicyclic) bond motifs is 1. The Hall–Kier alpha value is -2.90. The molecule has 2 aromatic rings. The summed E-state index contributed by atoms with van der Waals surface area (Å²) >= 11 is 0. The highest BCUT2D eigenvalue weighted by Crippen LogP contribution is 2.33. The van der Waals surface area contributed by atoms with Crippen LogP contribution in [0.5, 0.6) is 5.75 Å². The van der Waals surface area contributed by atoms with Crippen molar-refractivity contribution >= 4 is 11.8 Å². The van der Waals surface area contributed by atoms with E-state index in [2.05, 4.69) is 28.6 Å². The predicted molar refractivity (Wildman–Crippen MR) is 132 cm³/mol. The standard InChI is InChI=1S/C27H37N5O3/c1-19-8-6-9-20(2)32(19)25(33)18-35-22-14-12-21(13-15-22)27(34)30-17-7-10-23(30)26-29-28-24-11-4-3-5-16-31(24)26/h12-15,19-20,23H,3-11,16-18H2,1-2H3. The number of hydrogen-bond donors (Lipinski definition) is 0. The van der Waals surface area contributed by atoms with E-state index in [1.165, 1.54) is 12.8 Å². The van der Waals surface area contributed by atoms with Gasteiger partial charge in [0.15, 0.2) is 12.4 Å². The van der Waals surface area contributed by atoms with Gasteiger partial charge >= 0.3 is 0 Å². The van der Waals surface area contributed by atoms with Gasteiger partial charge in [0, 0.05) is 37.2 Å². The molecule has 5 rings (SSSR count). The average molecular weight is 480 g/mol. The minimum atomic E-state index is -0.0241. The molecule has 8 nitrogen and oxygen atoms in total. The largest absolute Gasteiger partial charge is 0.484 e. The number of benzene rings is 1. The van der Waals surface area contributed by atoms with E-state index < -0.39 is 0 Å². The second kappa shape index (κ2) is 10.4. The van der Waals surface area contributed by atoms with Gasteiger partial charge < -0.3 is 19.1 Å². The number of aromatic nitrogens is 3. The predicted octanol–water partition coefficient (Wildman–Crippen LogP) is 4.15. The highest BCUT2D eigenvalue weighted by atomic mass is 16.5. The number of carbonyl (C=O) groups excluding carboxylic acids is 2. The minimum absolute atomic E-state index is 0.0112. The number of nitrogens with zero attached hydrogens (tertiary/aromatic N) is 5. The maximum Gasteiger partial charge on any atom is 0.260 e. The maximum atomic E-state index is 13.4. The smallest absolute Gasteiger partial charge is 0.260 e. The van der Waals surface area contributed by atoms with E-state index in [1.54, 1.807) is 24.3 Å². The Labute approximate surface area is 207 Å². The summed E-state index contributed by atoms with van der Waals surface area (Å²) in [6.45, 7) is 5.90. The van der Waals surface area contributed by atoms with Crippen molar-refractivity contribution in [3.8, 4) is 5.75 Å². The number of aryl methyl sites for hydroxylation is 1. The monoisotopic (exact) mass is 479 g/mol. The molecule has 0 radical (unpaired) electrons. The zero-order valence-electron chi connectivity index (χ0n) is 21.0. The van der Waals surface area contributed by atoms with E-state index in [4.69, 9.17) is 4.74 Å². The van der Waals surface area contributed by atoms with Crippen molar-refractivity contribution in [2.24, 2.45) is 0 Å². The molecule has 0 saturated carbocycles. The molecule has 0 aliphatic carbocycles. The normalized spacial score (nSPS) is 24.7. The van der Waals surface area contributed by atoms with Crippen LogP contribution in [0.4, 0.5) is 0 Å². The Bertz CT molecular complexity index is 1040. The molecule has 2 amide bonds. The summed E-state index contributed by atoms with van der Waals surface area (Å²) in [6, 6.07) is 7.66. The van der Waals surface area contributed by atoms with Crippen molar-refractivity contribution in [1.29, 1.82) is 0 Å². The van der Waals surface area contributed by atoms with Crippen molar-refractivity contribution < 1.29 is 14.3 Å². The first-order valence-corrected chi connectivity index (χ1v) is 13.3. The number of hydrogen-bond acceptors (Lipinski definition) is 5. The molecule has 8 heteroatoms. The maximum absolute atomic E-state index is 13.4. The second-order valence-corrected chi connectivity index (χ2v) is 10.3. The summed E-state index contributed by atoms with van der Waals surface area (Å²) < 4.78 is 8.05. The number of carbonyl (C=O) groups is 2. The summed E-state index contributed by atoms with van der Waals surface area (Å²) in [5.74, 6) is 2.64. The number of ether oxygens (including phenoxy) is 1. The highest BCUT2D eigenvalue weighted by molar-refractivity contribution is 5.94. The van der Waals surface area contributed by atoms with Crippen LogP contribution in [-0.4, -0.2) is 61.6 Å². The Kier molecular flexibility index (Phi) is 7.07. The van der Waals surface area contributed by atoms with E-state index >= 15 is 0 Å². The lowest BCUT2D eigenvalue weighted by atomic mass is 9.97. The van der Waals surface area contributed by atoms with Crippen molar-refractivity contribution in [1.82, 2.24) is 24.6 Å². The van der Waals surface area contributed by atoms with Crippen LogP contribution in [0.15, 0.2) is 24.3 Å². The Morgan fingerprint density at radius 3 is 2.46 bits per heavy atom. The lowest BCUT2D eigenvalue weighted by Crippen LogP contribution is -2.49. The van der Waals surface area contributed by atoms with Crippen LogP contribution in [0.3, 0.4) is 0 Å². The van der Waals surface area contributed by atoms with E-state index in [0.29, 0.717) is 11.3 Å². The second-order valence-electron chi connectivity index (χ2n) is 10.3. The molecule has 3 atom stereocenters. The minimum Gasteiger partial charge on any atom is -0.484 e. The van der Waals surface area contributed by atoms with Crippen LogP contribution in [0.25, 0.3) is 0 Å². The average Bonchev–Trinajstić information content (AvgIpc) is 3.43. The van der Waals surface area contributed by atoms with Gasteiger partial charge in [-0.05, 0) is 83.1 Å². The Balaban J connectivity index is 1.23. The van der Waals surface area contributed by atoms with E-state index in [1.807, 2.05) is 9.80 Å². The van der Waals surface area contributed by atoms with Crippen molar-refractivity contribution in [3.63, 3.8) is 0 Å². The molecule has 1 aromatic heterocycles. The van der Waals surface area contributed by atoms with Crippen LogP contribution >= 0.6 is 0 Å². The SMILES string of the molecule is CC1CCCC(C)N1C(=O)COc1ccc(C(=O)N2CCCC2c2nnc3n2CCCCC3)cc1. The zero-order chi connectivity index (χ0) is 24.4. The first-order chi connectivity index (χ1) is 17.0. The molecule has 188 valence electrons. The fourth-order valence-electron chi connectivity index (χ4n) is 6.02. The van der Waals surface area contributed by atoms with Gasteiger partial charge in [-0.1, -0.05) is 6.42 Å². The summed E-state index contributed by atoms with van der Waals surface area (Å²) in [7, 11) is 0. The molecule has 1 aromatic carbocycles. The third-order valence-electron chi connectivity index (χ3n) is 7.89. The van der Waals surface area contributed by atoms with E-state index in [-0.39, 0.29) is 36.5 Å². The highest BCUT2D eigenvalue weighted by Gasteiger charge is 2.35. The molecular weight excluding hydrogens is 442 g/mol. The van der Waals surface area contributed by atoms with Gasteiger partial charge in [-0.3, -0.25) is 9.59 Å². The van der Waals surface area contributed by atoms with Crippen molar-refractivity contribution in [2.75, 3.05) is 13.2 Å². The van der Waals surface area contributed by atoms with Crippen LogP contribution in [0.2, 0.25) is 0 Å². The molecule has 35 heavy (non-hydrogen) atoms. The molecule has 3 unspecified atom stereocenters. The summed E-state index contributed by atoms with van der Waals surface area (Å²) in [5.41, 5.74) is 0.629. The van der Waals surface area contributed by atoms with Gasteiger partial charge in [0.1, 0.15) is 11.6 Å². The summed E-state index contributed by atoms with van der Waals surface area (Å²) in [5, 5.41) is 8.96. The summed E-state index contributed by atoms with van der Waals surface area (Å²) in [6.07, 6.45) is 9.61. The topological polar surface area (TPSA) is 80.6 Å². The van der Waals surface area contributed by atoms with Crippen LogP contribution in [0, 0.1) is 0 Å². The molecule has 0 N–H and O–H groups in total. The quantitative estimate of drug-likeness (QED) is 0.644. The van der Waals surface area contributed by atoms with Crippen molar-refractivity contribution in [3.05, 3.63) is 41.5 Å². The molecule has 2 fully saturated rings. The van der Waals surface area contributed by atoms with Crippen molar-refractivity contribution in [2.45, 2.75) is 96.3 Å². The van der Waals surface area contributed by atoms with Gasteiger partial charge in [0.2, 0.25) is 0 Å². The van der Waals surface area contributed by atoms with Gasteiger partial charge in [0.05, 0.1) is 6.04 Å². The molecule has 2 saturated heterocycles. The fraction of sp³-hybridized carbons (Fsp3) is 0.630. The van der Waals surface area contributed by atoms with Gasteiger partial charge in [0.25, 0.3) is 11.8 Å². The molecule has 0 bridgehead atoms. The molecule has 3 aliphatic heterocycles. The van der Waals surface area contributed by atoms with Crippen LogP contribution in [0.1, 0.15) is 93.3 Å². The fourth-order valence-corrected chi connectivity index (χ4v) is 6.02. The lowest BCUT2D eigenvalue weighted by Gasteiger charge is -2.38. The van der Waals surface area contributed by atoms with Gasteiger partial charge in [-0.2, -0.15) is 0 Å². The van der Waals surface area contributed by atoms with Crippen LogP contribution < -0.4 is 4.74 Å². The summed E-state index contributed by atoms with van der Waals surface area (Å²) in [4.78, 5) is 30.1. The Morgan fingerprint density at radius 1 is 0.914 bits per heavy atom. The third kappa shape index (κ3) is 4.93. The van der Waals surface area contributed by atoms with Gasteiger partial charge in [-0.25, -0.2) is 0 Å². The zero-order valence-corrected chi connectivity index (χ0v) is 21.0. The molecule has 0 spiro atoms. The number of rotatable bonds is 5. The molecular formula is C27H37N5O3.